The number of pyridine rings is 1. The van der Waals surface area contributed by atoms with E-state index in [1.807, 2.05) is 0 Å². The van der Waals surface area contributed by atoms with Crippen molar-refractivity contribution in [2.45, 2.75) is 25.3 Å². The fourth-order valence-electron chi connectivity index (χ4n) is 1.93. The van der Waals surface area contributed by atoms with Crippen molar-refractivity contribution in [3.8, 4) is 0 Å². The van der Waals surface area contributed by atoms with Crippen LogP contribution in [0.3, 0.4) is 0 Å². The Morgan fingerprint density at radius 2 is 2.09 bits per heavy atom. The molecule has 0 N–H and O–H groups in total. The summed E-state index contributed by atoms with van der Waals surface area (Å²) < 4.78 is 68.6. The number of fused-ring (bicyclic) bond motifs is 1. The third-order valence-electron chi connectivity index (χ3n) is 2.94. The van der Waals surface area contributed by atoms with Gasteiger partial charge >= 0.3 is 21.6 Å². The number of carbonyl (C=O) groups excluding carboxylic acids is 1. The molecule has 0 saturated heterocycles. The van der Waals surface area contributed by atoms with Crippen LogP contribution in [0, 0.1) is 0 Å². The van der Waals surface area contributed by atoms with Crippen molar-refractivity contribution in [3.63, 3.8) is 0 Å². The first-order chi connectivity index (χ1) is 10.7. The third-order valence-corrected chi connectivity index (χ3v) is 3.91. The number of ether oxygens (including phenoxy) is 1. The number of esters is 1. The van der Waals surface area contributed by atoms with Gasteiger partial charge in [0.25, 0.3) is 0 Å². The second kappa shape index (κ2) is 6.19. The number of aromatic nitrogens is 1. The minimum atomic E-state index is -5.80. The molecule has 0 bridgehead atoms. The van der Waals surface area contributed by atoms with Crippen LogP contribution in [0.1, 0.15) is 35.0 Å². The van der Waals surface area contributed by atoms with E-state index in [0.717, 1.165) is 0 Å². The Morgan fingerprint density at radius 3 is 2.70 bits per heavy atom. The molecular formula is C13H12F3NO5S. The highest BCUT2D eigenvalue weighted by atomic mass is 32.2. The largest absolute Gasteiger partial charge is 0.534 e. The molecule has 0 amide bonds. The minimum Gasteiger partial charge on any atom is -0.462 e. The van der Waals surface area contributed by atoms with E-state index in [1.165, 1.54) is 18.3 Å². The van der Waals surface area contributed by atoms with Crippen LogP contribution in [0.15, 0.2) is 18.3 Å². The highest BCUT2D eigenvalue weighted by molar-refractivity contribution is 7.87. The number of rotatable bonds is 4. The smallest absolute Gasteiger partial charge is 0.462 e. The SMILES string of the molecule is CCOC(=O)c1cnc2c(c1)C(OS(=O)(=O)C(F)(F)F)=CCC2. The van der Waals surface area contributed by atoms with Gasteiger partial charge in [0.05, 0.1) is 17.9 Å². The van der Waals surface area contributed by atoms with E-state index in [4.69, 9.17) is 4.74 Å². The Morgan fingerprint density at radius 1 is 1.39 bits per heavy atom. The number of carbonyl (C=O) groups is 1. The Bertz CT molecular complexity index is 755. The maximum absolute atomic E-state index is 12.4. The molecule has 23 heavy (non-hydrogen) atoms. The van der Waals surface area contributed by atoms with Crippen molar-refractivity contribution >= 4 is 21.8 Å². The first-order valence-electron chi connectivity index (χ1n) is 6.53. The van der Waals surface area contributed by atoms with E-state index in [1.54, 1.807) is 6.92 Å². The van der Waals surface area contributed by atoms with Crippen LogP contribution >= 0.6 is 0 Å². The van der Waals surface area contributed by atoms with Crippen LogP contribution in [0.5, 0.6) is 0 Å². The average molecular weight is 351 g/mol. The summed E-state index contributed by atoms with van der Waals surface area (Å²) in [6.45, 7) is 1.70. The van der Waals surface area contributed by atoms with Crippen molar-refractivity contribution < 1.29 is 35.3 Å². The Balaban J connectivity index is 2.38. The lowest BCUT2D eigenvalue weighted by atomic mass is 10.00. The molecule has 1 aliphatic carbocycles. The summed E-state index contributed by atoms with van der Waals surface area (Å²) >= 11 is 0. The number of aryl methyl sites for hydroxylation is 1. The molecule has 1 heterocycles. The molecule has 0 saturated carbocycles. The zero-order valence-electron chi connectivity index (χ0n) is 11.9. The first kappa shape index (κ1) is 17.3. The molecule has 0 radical (unpaired) electrons. The van der Waals surface area contributed by atoms with Crippen LogP contribution in [0.25, 0.3) is 5.76 Å². The monoisotopic (exact) mass is 351 g/mol. The zero-order valence-corrected chi connectivity index (χ0v) is 12.7. The number of nitrogens with zero attached hydrogens (tertiary/aromatic N) is 1. The van der Waals surface area contributed by atoms with Gasteiger partial charge in [0.2, 0.25) is 0 Å². The van der Waals surface area contributed by atoms with Crippen molar-refractivity contribution in [2.24, 2.45) is 0 Å². The summed E-state index contributed by atoms with van der Waals surface area (Å²) in [5.41, 5.74) is -5.19. The lowest BCUT2D eigenvalue weighted by Crippen LogP contribution is -2.25. The van der Waals surface area contributed by atoms with Crippen molar-refractivity contribution in [3.05, 3.63) is 35.2 Å². The molecule has 10 heteroatoms. The molecule has 0 aromatic carbocycles. The molecule has 0 aliphatic heterocycles. The van der Waals surface area contributed by atoms with Gasteiger partial charge in [-0.2, -0.15) is 21.6 Å². The maximum Gasteiger partial charge on any atom is 0.534 e. The highest BCUT2D eigenvalue weighted by Crippen LogP contribution is 2.33. The van der Waals surface area contributed by atoms with Gasteiger partial charge in [-0.1, -0.05) is 0 Å². The molecule has 0 unspecified atom stereocenters. The summed E-state index contributed by atoms with van der Waals surface area (Å²) in [6.07, 6.45) is 3.08. The second-order valence-electron chi connectivity index (χ2n) is 4.53. The molecule has 0 atom stereocenters. The van der Waals surface area contributed by atoms with E-state index < -0.39 is 27.4 Å². The van der Waals surface area contributed by atoms with E-state index in [-0.39, 0.29) is 24.2 Å². The zero-order chi connectivity index (χ0) is 17.3. The van der Waals surface area contributed by atoms with Gasteiger partial charge in [0.1, 0.15) is 5.76 Å². The molecule has 1 aromatic heterocycles. The van der Waals surface area contributed by atoms with Gasteiger partial charge in [-0.25, -0.2) is 4.79 Å². The Labute approximate surface area is 130 Å². The summed E-state index contributed by atoms with van der Waals surface area (Å²) in [5, 5.41) is 0. The van der Waals surface area contributed by atoms with Crippen molar-refractivity contribution in [1.29, 1.82) is 0 Å². The molecular weight excluding hydrogens is 339 g/mol. The Hall–Kier alpha value is -2.10. The van der Waals surface area contributed by atoms with Crippen LogP contribution in [-0.2, 0) is 25.5 Å². The minimum absolute atomic E-state index is 0.00796. The molecule has 2 rings (SSSR count). The van der Waals surface area contributed by atoms with Gasteiger partial charge in [-0.15, -0.1) is 0 Å². The Kier molecular flexibility index (Phi) is 4.64. The number of hydrogen-bond donors (Lipinski definition) is 0. The van der Waals surface area contributed by atoms with E-state index >= 15 is 0 Å². The topological polar surface area (TPSA) is 82.6 Å². The highest BCUT2D eigenvalue weighted by Gasteiger charge is 2.49. The van der Waals surface area contributed by atoms with Crippen LogP contribution in [0.4, 0.5) is 13.2 Å². The van der Waals surface area contributed by atoms with Crippen LogP contribution in [-0.4, -0.2) is 31.5 Å². The summed E-state index contributed by atoms with van der Waals surface area (Å²) in [5.74, 6) is -1.21. The number of allylic oxidation sites excluding steroid dienone is 1. The van der Waals surface area contributed by atoms with E-state index in [9.17, 15) is 26.4 Å². The summed E-state index contributed by atoms with van der Waals surface area (Å²) in [4.78, 5) is 15.6. The number of hydrogen-bond acceptors (Lipinski definition) is 6. The first-order valence-corrected chi connectivity index (χ1v) is 7.94. The molecule has 0 spiro atoms. The normalized spacial score (nSPS) is 14.7. The van der Waals surface area contributed by atoms with E-state index in [2.05, 4.69) is 9.17 Å². The standard InChI is InChI=1S/C13H12F3NO5S/c1-2-21-12(18)8-6-9-10(17-7-8)4-3-5-11(9)22-23(19,20)13(14,15)16/h5-7H,2-4H2,1H3. The van der Waals surface area contributed by atoms with Crippen LogP contribution in [0.2, 0.25) is 0 Å². The molecule has 126 valence electrons. The lowest BCUT2D eigenvalue weighted by molar-refractivity contribution is -0.0509. The summed E-state index contributed by atoms with van der Waals surface area (Å²) in [6, 6.07) is 1.21. The van der Waals surface area contributed by atoms with E-state index in [0.29, 0.717) is 12.1 Å². The maximum atomic E-state index is 12.4. The predicted octanol–water partition coefficient (Wildman–Crippen LogP) is 2.41. The second-order valence-corrected chi connectivity index (χ2v) is 6.07. The molecule has 1 aromatic rings. The predicted molar refractivity (Wildman–Crippen MR) is 72.6 cm³/mol. The van der Waals surface area contributed by atoms with Gasteiger partial charge in [0, 0.05) is 11.8 Å². The number of halogens is 3. The van der Waals surface area contributed by atoms with Gasteiger partial charge < -0.3 is 8.92 Å². The van der Waals surface area contributed by atoms with Crippen molar-refractivity contribution in [1.82, 2.24) is 4.98 Å². The average Bonchev–Trinajstić information content (AvgIpc) is 2.46. The van der Waals surface area contributed by atoms with Crippen molar-refractivity contribution in [2.75, 3.05) is 6.61 Å². The molecule has 1 aliphatic rings. The molecule has 6 nitrogen and oxygen atoms in total. The lowest BCUT2D eigenvalue weighted by Gasteiger charge is -2.18. The molecule has 0 fully saturated rings. The quantitative estimate of drug-likeness (QED) is 0.471. The summed E-state index contributed by atoms with van der Waals surface area (Å²) in [7, 11) is -5.80. The van der Waals surface area contributed by atoms with Gasteiger partial charge in [-0.05, 0) is 31.9 Å². The number of alkyl halides is 3. The van der Waals surface area contributed by atoms with Gasteiger partial charge in [-0.3, -0.25) is 4.98 Å². The van der Waals surface area contributed by atoms with Crippen LogP contribution < -0.4 is 0 Å². The fraction of sp³-hybridized carbons (Fsp3) is 0.385. The third kappa shape index (κ3) is 3.63. The van der Waals surface area contributed by atoms with Gasteiger partial charge in [0.15, 0.2) is 0 Å². The fourth-order valence-corrected chi connectivity index (χ4v) is 2.41.